The van der Waals surface area contributed by atoms with Crippen molar-refractivity contribution in [2.45, 2.75) is 70.7 Å². The molecule has 2 aliphatic carbocycles. The van der Waals surface area contributed by atoms with E-state index in [-0.39, 0.29) is 0 Å². The molecule has 0 radical (unpaired) electrons. The Morgan fingerprint density at radius 3 is 2.61 bits per heavy atom. The van der Waals surface area contributed by atoms with Crippen LogP contribution in [0.5, 0.6) is 0 Å². The number of aryl methyl sites for hydroxylation is 2. The smallest absolute Gasteiger partial charge is 0.407 e. The van der Waals surface area contributed by atoms with Gasteiger partial charge in [0.15, 0.2) is 0 Å². The monoisotopic (exact) mass is 541 g/mol. The summed E-state index contributed by atoms with van der Waals surface area (Å²) in [4.78, 5) is 30.7. The first-order valence-corrected chi connectivity index (χ1v) is 13.7. The maximum Gasteiger partial charge on any atom is 0.407 e. The highest BCUT2D eigenvalue weighted by Crippen LogP contribution is 2.40. The number of pyridine rings is 1. The van der Waals surface area contributed by atoms with Crippen LogP contribution in [-0.2, 0) is 4.74 Å². The average Bonchev–Trinajstić information content (AvgIpc) is 3.53. The van der Waals surface area contributed by atoms with Crippen LogP contribution in [-0.4, -0.2) is 73.7 Å². The van der Waals surface area contributed by atoms with Gasteiger partial charge < -0.3 is 30.9 Å². The van der Waals surface area contributed by atoms with Crippen molar-refractivity contribution in [1.29, 1.82) is 0 Å². The second kappa shape index (κ2) is 10.2. The standard InChI is InChI=1S/C26H35N7O4S/c1-12-18(23-31-19-13(2)27-9-8-17(19)38-23)22(32-24(29-12)28-11-14-6-7-14)30-16-10-15(20(34)21(16)35)26(3,4)33-25(36)37-5/h8-9,14-16,20-21,34-35H,6-7,10-11H2,1-5H3,(H,33,36)(H2,28,29,30,32)/t15-,16+,20+,21-/m0/s1. The summed E-state index contributed by atoms with van der Waals surface area (Å²) >= 11 is 1.54. The zero-order valence-corrected chi connectivity index (χ0v) is 23.1. The van der Waals surface area contributed by atoms with Gasteiger partial charge in [0.25, 0.3) is 0 Å². The number of carbonyl (C=O) groups is 1. The topological polar surface area (TPSA) is 154 Å². The number of aliphatic hydroxyl groups excluding tert-OH is 2. The SMILES string of the molecule is COC(=O)NC(C)(C)[C@H]1C[C@@H](Nc2nc(NCC3CC3)nc(C)c2-c2nc3c(C)nccc3s2)[C@H](O)[C@@H]1O. The van der Waals surface area contributed by atoms with Crippen molar-refractivity contribution in [3.05, 3.63) is 23.7 Å². The molecule has 3 aromatic rings. The van der Waals surface area contributed by atoms with Crippen molar-refractivity contribution in [2.24, 2.45) is 11.8 Å². The summed E-state index contributed by atoms with van der Waals surface area (Å²) in [7, 11) is 1.29. The van der Waals surface area contributed by atoms with E-state index in [1.165, 1.54) is 31.3 Å². The number of hydrogen-bond donors (Lipinski definition) is 5. The third-order valence-corrected chi connectivity index (χ3v) is 8.62. The van der Waals surface area contributed by atoms with Crippen molar-refractivity contribution in [1.82, 2.24) is 25.3 Å². The Labute approximate surface area is 225 Å². The molecule has 0 bridgehead atoms. The summed E-state index contributed by atoms with van der Waals surface area (Å²) in [5, 5.41) is 32.3. The Kier molecular flexibility index (Phi) is 7.14. The number of nitrogens with one attached hydrogen (secondary N) is 3. The van der Waals surface area contributed by atoms with Crippen molar-refractivity contribution in [3.8, 4) is 10.6 Å². The first kappa shape index (κ1) is 26.5. The summed E-state index contributed by atoms with van der Waals surface area (Å²) < 4.78 is 5.77. The fourth-order valence-electron chi connectivity index (χ4n) is 5.14. The van der Waals surface area contributed by atoms with E-state index in [9.17, 15) is 15.0 Å². The number of ether oxygens (including phenoxy) is 1. The average molecular weight is 542 g/mol. The van der Waals surface area contributed by atoms with Crippen molar-refractivity contribution >= 4 is 39.4 Å². The number of rotatable bonds is 8. The number of anilines is 2. The highest BCUT2D eigenvalue weighted by Gasteiger charge is 2.49. The Morgan fingerprint density at radius 2 is 1.92 bits per heavy atom. The van der Waals surface area contributed by atoms with Gasteiger partial charge in [0, 0.05) is 24.2 Å². The molecule has 12 heteroatoms. The second-order valence-corrected chi connectivity index (χ2v) is 11.9. The fraction of sp³-hybridized carbons (Fsp3) is 0.577. The van der Waals surface area contributed by atoms with Crippen molar-refractivity contribution < 1.29 is 19.7 Å². The molecular formula is C26H35N7O4S. The first-order chi connectivity index (χ1) is 18.1. The van der Waals surface area contributed by atoms with Gasteiger partial charge in [-0.05, 0) is 58.9 Å². The Balaban J connectivity index is 1.49. The molecule has 2 saturated carbocycles. The zero-order valence-electron chi connectivity index (χ0n) is 22.3. The quantitative estimate of drug-likeness (QED) is 0.287. The number of carbonyl (C=O) groups excluding carboxylic acids is 1. The largest absolute Gasteiger partial charge is 0.453 e. The van der Waals surface area contributed by atoms with Gasteiger partial charge in [0.1, 0.15) is 22.4 Å². The molecule has 5 rings (SSSR count). The number of aromatic nitrogens is 4. The van der Waals surface area contributed by atoms with E-state index in [1.807, 2.05) is 33.8 Å². The van der Waals surface area contributed by atoms with Gasteiger partial charge in [-0.25, -0.2) is 14.8 Å². The van der Waals surface area contributed by atoms with Crippen LogP contribution in [0.2, 0.25) is 0 Å². The van der Waals surface area contributed by atoms with E-state index in [1.54, 1.807) is 6.20 Å². The molecule has 2 aliphatic rings. The first-order valence-electron chi connectivity index (χ1n) is 12.9. The summed E-state index contributed by atoms with van der Waals surface area (Å²) in [6.07, 6.45) is 1.85. The molecule has 0 unspecified atom stereocenters. The number of aliphatic hydroxyl groups is 2. The summed E-state index contributed by atoms with van der Waals surface area (Å²) in [6, 6.07) is 1.42. The zero-order chi connectivity index (χ0) is 27.2. The summed E-state index contributed by atoms with van der Waals surface area (Å²) in [5.41, 5.74) is 2.37. The van der Waals surface area contributed by atoms with Gasteiger partial charge >= 0.3 is 6.09 Å². The minimum absolute atomic E-state index is 0.398. The number of amides is 1. The molecule has 2 fully saturated rings. The van der Waals surface area contributed by atoms with Gasteiger partial charge in [-0.15, -0.1) is 11.3 Å². The molecule has 0 aliphatic heterocycles. The molecule has 11 nitrogen and oxygen atoms in total. The van der Waals surface area contributed by atoms with Crippen LogP contribution in [0, 0.1) is 25.7 Å². The third kappa shape index (κ3) is 5.25. The lowest BCUT2D eigenvalue weighted by Crippen LogP contribution is -2.52. The lowest BCUT2D eigenvalue weighted by Gasteiger charge is -2.34. The molecule has 1 amide bonds. The number of hydrogen-bond acceptors (Lipinski definition) is 11. The number of methoxy groups -OCH3 is 1. The van der Waals surface area contributed by atoms with E-state index in [0.29, 0.717) is 24.1 Å². The van der Waals surface area contributed by atoms with E-state index in [0.717, 1.165) is 38.7 Å². The number of alkyl carbamates (subject to hydrolysis) is 1. The highest BCUT2D eigenvalue weighted by atomic mass is 32.1. The molecule has 0 spiro atoms. The maximum absolute atomic E-state index is 11.9. The normalized spacial score (nSPS) is 23.4. The van der Waals surface area contributed by atoms with E-state index in [4.69, 9.17) is 19.7 Å². The second-order valence-electron chi connectivity index (χ2n) is 10.9. The van der Waals surface area contributed by atoms with E-state index < -0.39 is 35.8 Å². The van der Waals surface area contributed by atoms with Crippen LogP contribution in [0.3, 0.4) is 0 Å². The summed E-state index contributed by atoms with van der Waals surface area (Å²) in [6.45, 7) is 8.28. The molecule has 0 aromatic carbocycles. The lowest BCUT2D eigenvalue weighted by molar-refractivity contribution is -0.00233. The maximum atomic E-state index is 11.9. The number of nitrogens with zero attached hydrogens (tertiary/aromatic N) is 4. The van der Waals surface area contributed by atoms with Crippen LogP contribution < -0.4 is 16.0 Å². The van der Waals surface area contributed by atoms with E-state index >= 15 is 0 Å². The van der Waals surface area contributed by atoms with Gasteiger partial charge in [0.2, 0.25) is 5.95 Å². The van der Waals surface area contributed by atoms with E-state index in [2.05, 4.69) is 20.9 Å². The molecule has 4 atom stereocenters. The fourth-order valence-corrected chi connectivity index (χ4v) is 6.25. The van der Waals surface area contributed by atoms with Gasteiger partial charge in [0.05, 0.1) is 40.9 Å². The Bertz CT molecular complexity index is 1340. The number of fused-ring (bicyclic) bond motifs is 1. The molecule has 38 heavy (non-hydrogen) atoms. The highest BCUT2D eigenvalue weighted by molar-refractivity contribution is 7.21. The van der Waals surface area contributed by atoms with Crippen LogP contribution in [0.4, 0.5) is 16.6 Å². The van der Waals surface area contributed by atoms with Gasteiger partial charge in [-0.1, -0.05) is 0 Å². The predicted octanol–water partition coefficient (Wildman–Crippen LogP) is 3.24. The minimum atomic E-state index is -1.08. The van der Waals surface area contributed by atoms with Crippen molar-refractivity contribution in [3.63, 3.8) is 0 Å². The van der Waals surface area contributed by atoms with Crippen LogP contribution >= 0.6 is 11.3 Å². The van der Waals surface area contributed by atoms with Crippen LogP contribution in [0.25, 0.3) is 20.8 Å². The molecule has 3 aromatic heterocycles. The Hall–Kier alpha value is -3.09. The number of thiazole rings is 1. The predicted molar refractivity (Wildman–Crippen MR) is 146 cm³/mol. The van der Waals surface area contributed by atoms with Crippen LogP contribution in [0.1, 0.15) is 44.5 Å². The van der Waals surface area contributed by atoms with Gasteiger partial charge in [-0.2, -0.15) is 4.98 Å². The lowest BCUT2D eigenvalue weighted by atomic mass is 9.84. The summed E-state index contributed by atoms with van der Waals surface area (Å²) in [5.74, 6) is 1.27. The Morgan fingerprint density at radius 1 is 1.16 bits per heavy atom. The molecular weight excluding hydrogens is 506 g/mol. The van der Waals surface area contributed by atoms with Gasteiger partial charge in [-0.3, -0.25) is 4.98 Å². The van der Waals surface area contributed by atoms with Crippen molar-refractivity contribution in [2.75, 3.05) is 24.3 Å². The third-order valence-electron chi connectivity index (χ3n) is 7.58. The molecule has 0 saturated heterocycles. The molecule has 5 N–H and O–H groups in total. The molecule has 3 heterocycles. The van der Waals surface area contributed by atoms with Crippen LogP contribution in [0.15, 0.2) is 12.3 Å². The molecule has 204 valence electrons. The minimum Gasteiger partial charge on any atom is -0.453 e.